The Morgan fingerprint density at radius 3 is 2.22 bits per heavy atom. The number of nitrogens with zero attached hydrogens (tertiary/aromatic N) is 3. The Bertz CT molecular complexity index is 1160. The zero-order valence-corrected chi connectivity index (χ0v) is 12.4. The lowest BCUT2D eigenvalue weighted by atomic mass is 10.2. The number of rotatable bonds is 1. The number of para-hydroxylation sites is 1. The van der Waals surface area contributed by atoms with Crippen molar-refractivity contribution < 1.29 is 0 Å². The van der Waals surface area contributed by atoms with Gasteiger partial charge in [0.25, 0.3) is 5.56 Å². The third-order valence-electron chi connectivity index (χ3n) is 4.01. The molecule has 0 unspecified atom stereocenters. The predicted octanol–water partition coefficient (Wildman–Crippen LogP) is 2.24. The normalized spacial score (nSPS) is 11.2. The quantitative estimate of drug-likeness (QED) is 0.542. The number of aryl methyl sites for hydroxylation is 1. The molecule has 5 heteroatoms. The van der Waals surface area contributed by atoms with E-state index >= 15 is 0 Å². The first-order chi connectivity index (χ1) is 11.2. The summed E-state index contributed by atoms with van der Waals surface area (Å²) >= 11 is 0. The summed E-state index contributed by atoms with van der Waals surface area (Å²) in [5.74, 6) is 0. The SMILES string of the molecule is Cn1c(=O)c2ccccc2c(=O)c2cnn(-c3ccccc3)c21. The number of benzene rings is 2. The van der Waals surface area contributed by atoms with E-state index in [0.717, 1.165) is 5.69 Å². The van der Waals surface area contributed by atoms with Gasteiger partial charge >= 0.3 is 0 Å². The van der Waals surface area contributed by atoms with Crippen LogP contribution < -0.4 is 11.0 Å². The fourth-order valence-electron chi connectivity index (χ4n) is 2.87. The average molecular weight is 303 g/mol. The molecule has 0 aliphatic rings. The van der Waals surface area contributed by atoms with Crippen molar-refractivity contribution in [1.82, 2.24) is 14.3 Å². The minimum atomic E-state index is -0.217. The lowest BCUT2D eigenvalue weighted by Gasteiger charge is -2.04. The second-order valence-corrected chi connectivity index (χ2v) is 5.37. The van der Waals surface area contributed by atoms with Crippen LogP contribution in [0.2, 0.25) is 0 Å². The molecule has 0 fully saturated rings. The average Bonchev–Trinajstić information content (AvgIpc) is 3.02. The van der Waals surface area contributed by atoms with Crippen LogP contribution in [-0.2, 0) is 7.05 Å². The van der Waals surface area contributed by atoms with E-state index < -0.39 is 0 Å². The molecule has 0 saturated heterocycles. The molecule has 0 saturated carbocycles. The summed E-state index contributed by atoms with van der Waals surface area (Å²) in [6.45, 7) is 0. The largest absolute Gasteiger partial charge is 0.295 e. The van der Waals surface area contributed by atoms with E-state index in [9.17, 15) is 9.59 Å². The summed E-state index contributed by atoms with van der Waals surface area (Å²) in [6, 6.07) is 16.3. The minimum absolute atomic E-state index is 0.185. The molecular weight excluding hydrogens is 290 g/mol. The molecular formula is C18H13N3O2. The van der Waals surface area contributed by atoms with Crippen LogP contribution in [0.25, 0.3) is 27.5 Å². The van der Waals surface area contributed by atoms with E-state index in [0.29, 0.717) is 21.8 Å². The van der Waals surface area contributed by atoms with Crippen molar-refractivity contribution in [2.24, 2.45) is 7.05 Å². The van der Waals surface area contributed by atoms with Gasteiger partial charge in [-0.1, -0.05) is 36.4 Å². The smallest absolute Gasteiger partial charge is 0.259 e. The van der Waals surface area contributed by atoms with Gasteiger partial charge in [0.1, 0.15) is 5.65 Å². The van der Waals surface area contributed by atoms with E-state index in [4.69, 9.17) is 0 Å². The summed E-state index contributed by atoms with van der Waals surface area (Å²) in [7, 11) is 1.66. The van der Waals surface area contributed by atoms with Crippen LogP contribution in [0.3, 0.4) is 0 Å². The van der Waals surface area contributed by atoms with Gasteiger partial charge in [-0.2, -0.15) is 5.10 Å². The van der Waals surface area contributed by atoms with Gasteiger partial charge in [-0.15, -0.1) is 0 Å². The number of aromatic nitrogens is 3. The molecule has 23 heavy (non-hydrogen) atoms. The maximum atomic E-state index is 12.8. The Hall–Kier alpha value is -3.21. The monoisotopic (exact) mass is 303 g/mol. The highest BCUT2D eigenvalue weighted by atomic mass is 16.1. The summed E-state index contributed by atoms with van der Waals surface area (Å²) < 4.78 is 3.11. The van der Waals surface area contributed by atoms with E-state index in [1.165, 1.54) is 10.8 Å². The lowest BCUT2D eigenvalue weighted by molar-refractivity contribution is 0.825. The first-order valence-corrected chi connectivity index (χ1v) is 7.23. The molecule has 0 atom stereocenters. The van der Waals surface area contributed by atoms with Gasteiger partial charge in [0.05, 0.1) is 22.7 Å². The van der Waals surface area contributed by atoms with Gasteiger partial charge in [0.15, 0.2) is 5.43 Å². The topological polar surface area (TPSA) is 56.9 Å². The molecule has 2 aromatic carbocycles. The zero-order chi connectivity index (χ0) is 16.0. The van der Waals surface area contributed by atoms with E-state index in [1.807, 2.05) is 30.3 Å². The van der Waals surface area contributed by atoms with Crippen LogP contribution in [0.5, 0.6) is 0 Å². The van der Waals surface area contributed by atoms with Gasteiger partial charge in [-0.05, 0) is 18.2 Å². The molecule has 0 amide bonds. The predicted molar refractivity (Wildman–Crippen MR) is 90.1 cm³/mol. The first kappa shape index (κ1) is 13.5. The number of fused-ring (bicyclic) bond motifs is 2. The second kappa shape index (κ2) is 4.91. The van der Waals surface area contributed by atoms with Gasteiger partial charge in [-0.25, -0.2) is 4.68 Å². The Balaban J connectivity index is 2.29. The van der Waals surface area contributed by atoms with Gasteiger partial charge in [0.2, 0.25) is 0 Å². The molecule has 112 valence electrons. The summed E-state index contributed by atoms with van der Waals surface area (Å²) in [6.07, 6.45) is 1.52. The van der Waals surface area contributed by atoms with E-state index in [2.05, 4.69) is 5.10 Å². The molecule has 2 aromatic heterocycles. The van der Waals surface area contributed by atoms with Gasteiger partial charge in [0, 0.05) is 12.4 Å². The van der Waals surface area contributed by atoms with Crippen molar-refractivity contribution in [1.29, 1.82) is 0 Å². The van der Waals surface area contributed by atoms with Crippen LogP contribution in [-0.4, -0.2) is 14.3 Å². The van der Waals surface area contributed by atoms with Crippen molar-refractivity contribution in [3.05, 3.63) is 81.4 Å². The highest BCUT2D eigenvalue weighted by Gasteiger charge is 2.14. The molecule has 0 spiro atoms. The minimum Gasteiger partial charge on any atom is -0.295 e. The summed E-state index contributed by atoms with van der Waals surface area (Å²) in [5, 5.41) is 5.57. The van der Waals surface area contributed by atoms with Crippen LogP contribution in [0.1, 0.15) is 0 Å². The zero-order valence-electron chi connectivity index (χ0n) is 12.4. The third kappa shape index (κ3) is 1.90. The number of hydrogen-bond acceptors (Lipinski definition) is 3. The maximum Gasteiger partial charge on any atom is 0.259 e. The molecule has 0 radical (unpaired) electrons. The standard InChI is InChI=1S/C18H13N3O2/c1-20-17-15(11-19-21(17)12-7-3-2-4-8-12)16(22)13-9-5-6-10-14(13)18(20)23/h2-11H,1H3. The molecule has 2 heterocycles. The van der Waals surface area contributed by atoms with Crippen molar-refractivity contribution in [2.45, 2.75) is 0 Å². The van der Waals surface area contributed by atoms with Gasteiger partial charge < -0.3 is 0 Å². The first-order valence-electron chi connectivity index (χ1n) is 7.23. The van der Waals surface area contributed by atoms with Crippen molar-refractivity contribution in [3.63, 3.8) is 0 Å². The highest BCUT2D eigenvalue weighted by Crippen LogP contribution is 2.15. The molecule has 0 aliphatic carbocycles. The lowest BCUT2D eigenvalue weighted by Crippen LogP contribution is -2.16. The fourth-order valence-corrected chi connectivity index (χ4v) is 2.87. The molecule has 5 nitrogen and oxygen atoms in total. The molecule has 0 aliphatic heterocycles. The van der Waals surface area contributed by atoms with Crippen LogP contribution in [0.15, 0.2) is 70.4 Å². The Morgan fingerprint density at radius 2 is 1.48 bits per heavy atom. The van der Waals surface area contributed by atoms with E-state index in [-0.39, 0.29) is 11.0 Å². The molecule has 4 rings (SSSR count). The van der Waals surface area contributed by atoms with E-state index in [1.54, 1.807) is 36.0 Å². The second-order valence-electron chi connectivity index (χ2n) is 5.37. The van der Waals surface area contributed by atoms with Crippen LogP contribution in [0.4, 0.5) is 0 Å². The molecule has 4 aromatic rings. The van der Waals surface area contributed by atoms with Crippen molar-refractivity contribution in [3.8, 4) is 5.69 Å². The Labute approximate surface area is 131 Å². The third-order valence-corrected chi connectivity index (χ3v) is 4.01. The molecule has 0 N–H and O–H groups in total. The Morgan fingerprint density at radius 1 is 0.826 bits per heavy atom. The summed E-state index contributed by atoms with van der Waals surface area (Å²) in [5.41, 5.74) is 0.885. The van der Waals surface area contributed by atoms with Crippen molar-refractivity contribution >= 4 is 21.8 Å². The fraction of sp³-hybridized carbons (Fsp3) is 0.0556. The van der Waals surface area contributed by atoms with Crippen LogP contribution >= 0.6 is 0 Å². The maximum absolute atomic E-state index is 12.8. The Kier molecular flexibility index (Phi) is 2.87. The van der Waals surface area contributed by atoms with Crippen LogP contribution in [0, 0.1) is 0 Å². The number of hydrogen-bond donors (Lipinski definition) is 0. The summed E-state index contributed by atoms with van der Waals surface area (Å²) in [4.78, 5) is 25.6. The van der Waals surface area contributed by atoms with Gasteiger partial charge in [-0.3, -0.25) is 14.2 Å². The molecule has 0 bridgehead atoms. The highest BCUT2D eigenvalue weighted by molar-refractivity contribution is 5.89. The van der Waals surface area contributed by atoms with Crippen molar-refractivity contribution in [2.75, 3.05) is 0 Å².